The number of hydrogen-bond acceptors (Lipinski definition) is 3. The van der Waals surface area contributed by atoms with Crippen LogP contribution in [-0.2, 0) is 11.2 Å². The Labute approximate surface area is 101 Å². The molecule has 0 amide bonds. The normalized spacial score (nSPS) is 18.1. The fourth-order valence-electron chi connectivity index (χ4n) is 2.36. The molecular formula is C13H19NOS. The summed E-state index contributed by atoms with van der Waals surface area (Å²) in [6, 6.07) is 2.10. The van der Waals surface area contributed by atoms with E-state index < -0.39 is 0 Å². The van der Waals surface area contributed by atoms with Crippen LogP contribution >= 0.6 is 11.3 Å². The number of nitrogens with two attached hydrogens (primary N) is 1. The van der Waals surface area contributed by atoms with Crippen molar-refractivity contribution < 1.29 is 4.79 Å². The standard InChI is InChI=1S/C13H19NOS/c14-10-13(5-1-6-13)8-12(15)3-2-11-4-7-16-9-11/h4,7,9H,1-3,5-6,8,10,14H2. The van der Waals surface area contributed by atoms with Gasteiger partial charge in [0.25, 0.3) is 0 Å². The Bertz CT molecular complexity index is 335. The lowest BCUT2D eigenvalue weighted by Crippen LogP contribution is -2.39. The second-order valence-corrected chi connectivity index (χ2v) is 5.68. The molecule has 1 aliphatic carbocycles. The Hall–Kier alpha value is -0.670. The van der Waals surface area contributed by atoms with Crippen molar-refractivity contribution in [3.05, 3.63) is 22.4 Å². The average Bonchev–Trinajstić information content (AvgIpc) is 2.73. The fourth-order valence-corrected chi connectivity index (χ4v) is 3.06. The first-order valence-corrected chi connectivity index (χ1v) is 6.91. The molecule has 1 aromatic heterocycles. The second kappa shape index (κ2) is 5.11. The summed E-state index contributed by atoms with van der Waals surface area (Å²) >= 11 is 1.69. The molecule has 2 nitrogen and oxygen atoms in total. The van der Waals surface area contributed by atoms with Crippen LogP contribution in [0.1, 0.15) is 37.7 Å². The van der Waals surface area contributed by atoms with E-state index in [1.165, 1.54) is 12.0 Å². The van der Waals surface area contributed by atoms with Crippen molar-refractivity contribution in [3.63, 3.8) is 0 Å². The van der Waals surface area contributed by atoms with Crippen molar-refractivity contribution in [1.29, 1.82) is 0 Å². The maximum absolute atomic E-state index is 11.9. The molecule has 0 unspecified atom stereocenters. The van der Waals surface area contributed by atoms with E-state index >= 15 is 0 Å². The minimum atomic E-state index is 0.172. The van der Waals surface area contributed by atoms with Crippen molar-refractivity contribution in [3.8, 4) is 0 Å². The third-order valence-corrected chi connectivity index (χ3v) is 4.42. The molecule has 1 fully saturated rings. The molecule has 1 aliphatic rings. The summed E-state index contributed by atoms with van der Waals surface area (Å²) in [6.07, 6.45) is 5.81. The lowest BCUT2D eigenvalue weighted by Gasteiger charge is -2.40. The van der Waals surface area contributed by atoms with E-state index in [1.54, 1.807) is 11.3 Å². The number of carbonyl (C=O) groups excluding carboxylic acids is 1. The van der Waals surface area contributed by atoms with Gasteiger partial charge in [0.15, 0.2) is 0 Å². The average molecular weight is 237 g/mol. The quantitative estimate of drug-likeness (QED) is 0.826. The molecule has 0 spiro atoms. The second-order valence-electron chi connectivity index (χ2n) is 4.90. The van der Waals surface area contributed by atoms with Crippen molar-refractivity contribution in [2.24, 2.45) is 11.1 Å². The third-order valence-electron chi connectivity index (χ3n) is 3.69. The van der Waals surface area contributed by atoms with Crippen LogP contribution in [-0.4, -0.2) is 12.3 Å². The zero-order valence-corrected chi connectivity index (χ0v) is 10.4. The van der Waals surface area contributed by atoms with E-state index in [2.05, 4.69) is 16.8 Å². The van der Waals surface area contributed by atoms with Crippen LogP contribution in [0.25, 0.3) is 0 Å². The van der Waals surface area contributed by atoms with Gasteiger partial charge in [0.05, 0.1) is 0 Å². The van der Waals surface area contributed by atoms with Gasteiger partial charge in [-0.25, -0.2) is 0 Å². The number of rotatable bonds is 6. The largest absolute Gasteiger partial charge is 0.330 e. The molecule has 0 bridgehead atoms. The van der Waals surface area contributed by atoms with Gasteiger partial charge >= 0.3 is 0 Å². The monoisotopic (exact) mass is 237 g/mol. The smallest absolute Gasteiger partial charge is 0.133 e. The topological polar surface area (TPSA) is 43.1 Å². The van der Waals surface area contributed by atoms with Crippen LogP contribution in [0.15, 0.2) is 16.8 Å². The first-order valence-electron chi connectivity index (χ1n) is 5.97. The third kappa shape index (κ3) is 2.71. The summed E-state index contributed by atoms with van der Waals surface area (Å²) in [4.78, 5) is 11.9. The Morgan fingerprint density at radius 3 is 2.81 bits per heavy atom. The van der Waals surface area contributed by atoms with E-state index in [0.717, 1.165) is 19.3 Å². The molecule has 0 saturated heterocycles. The lowest BCUT2D eigenvalue weighted by atomic mass is 9.65. The molecule has 88 valence electrons. The van der Waals surface area contributed by atoms with Crippen LogP contribution < -0.4 is 5.73 Å². The molecule has 0 aromatic carbocycles. The minimum Gasteiger partial charge on any atom is -0.330 e. The number of carbonyl (C=O) groups is 1. The predicted molar refractivity (Wildman–Crippen MR) is 67.6 cm³/mol. The van der Waals surface area contributed by atoms with Gasteiger partial charge in [0.1, 0.15) is 5.78 Å². The first kappa shape index (κ1) is 11.8. The summed E-state index contributed by atoms with van der Waals surface area (Å²) in [5, 5.41) is 4.18. The molecule has 16 heavy (non-hydrogen) atoms. The molecule has 1 heterocycles. The van der Waals surface area contributed by atoms with Crippen LogP contribution in [0.5, 0.6) is 0 Å². The fraction of sp³-hybridized carbons (Fsp3) is 0.615. The number of ketones is 1. The Kier molecular flexibility index (Phi) is 3.77. The number of aryl methyl sites for hydroxylation is 1. The maximum atomic E-state index is 11.9. The van der Waals surface area contributed by atoms with Crippen LogP contribution in [0, 0.1) is 5.41 Å². The van der Waals surface area contributed by atoms with Gasteiger partial charge in [-0.05, 0) is 53.6 Å². The summed E-state index contributed by atoms with van der Waals surface area (Å²) in [5.41, 5.74) is 7.22. The Morgan fingerprint density at radius 1 is 1.50 bits per heavy atom. The SMILES string of the molecule is NCC1(CC(=O)CCc2ccsc2)CCC1. The molecule has 1 aromatic rings. The zero-order valence-electron chi connectivity index (χ0n) is 9.58. The molecule has 2 rings (SSSR count). The summed E-state index contributed by atoms with van der Waals surface area (Å²) in [7, 11) is 0. The summed E-state index contributed by atoms with van der Waals surface area (Å²) in [6.45, 7) is 0.678. The number of hydrogen-bond donors (Lipinski definition) is 1. The predicted octanol–water partition coefficient (Wildman–Crippen LogP) is 2.77. The highest BCUT2D eigenvalue weighted by atomic mass is 32.1. The van der Waals surface area contributed by atoms with E-state index in [1.807, 2.05) is 0 Å². The van der Waals surface area contributed by atoms with E-state index in [0.29, 0.717) is 25.2 Å². The molecule has 0 radical (unpaired) electrons. The molecule has 1 saturated carbocycles. The Balaban J connectivity index is 1.76. The Morgan fingerprint density at radius 2 is 2.31 bits per heavy atom. The van der Waals surface area contributed by atoms with Gasteiger partial charge in [0, 0.05) is 12.8 Å². The maximum Gasteiger partial charge on any atom is 0.133 e. The molecular weight excluding hydrogens is 218 g/mol. The van der Waals surface area contributed by atoms with Crippen molar-refractivity contribution >= 4 is 17.1 Å². The molecule has 3 heteroatoms. The van der Waals surface area contributed by atoms with Crippen LogP contribution in [0.4, 0.5) is 0 Å². The summed E-state index contributed by atoms with van der Waals surface area (Å²) < 4.78 is 0. The van der Waals surface area contributed by atoms with E-state index in [-0.39, 0.29) is 5.41 Å². The van der Waals surface area contributed by atoms with Crippen molar-refractivity contribution in [2.45, 2.75) is 38.5 Å². The molecule has 0 aliphatic heterocycles. The molecule has 0 atom stereocenters. The van der Waals surface area contributed by atoms with Gasteiger partial charge in [-0.1, -0.05) is 6.42 Å². The van der Waals surface area contributed by atoms with E-state index in [4.69, 9.17) is 5.73 Å². The highest BCUT2D eigenvalue weighted by Crippen LogP contribution is 2.43. The number of thiophene rings is 1. The van der Waals surface area contributed by atoms with Crippen molar-refractivity contribution in [1.82, 2.24) is 0 Å². The number of Topliss-reactive ketones (excluding diaryl/α,β-unsaturated/α-hetero) is 1. The highest BCUT2D eigenvalue weighted by molar-refractivity contribution is 7.07. The highest BCUT2D eigenvalue weighted by Gasteiger charge is 2.36. The zero-order chi connectivity index (χ0) is 11.4. The summed E-state index contributed by atoms with van der Waals surface area (Å²) in [5.74, 6) is 0.386. The van der Waals surface area contributed by atoms with Gasteiger partial charge < -0.3 is 5.73 Å². The van der Waals surface area contributed by atoms with Crippen LogP contribution in [0.3, 0.4) is 0 Å². The van der Waals surface area contributed by atoms with Gasteiger partial charge in [0.2, 0.25) is 0 Å². The van der Waals surface area contributed by atoms with Gasteiger partial charge in [-0.2, -0.15) is 11.3 Å². The van der Waals surface area contributed by atoms with Crippen molar-refractivity contribution in [2.75, 3.05) is 6.54 Å². The lowest BCUT2D eigenvalue weighted by molar-refractivity contribution is -0.122. The van der Waals surface area contributed by atoms with Crippen LogP contribution in [0.2, 0.25) is 0 Å². The minimum absolute atomic E-state index is 0.172. The first-order chi connectivity index (χ1) is 7.74. The van der Waals surface area contributed by atoms with E-state index in [9.17, 15) is 4.79 Å². The molecule has 2 N–H and O–H groups in total. The van der Waals surface area contributed by atoms with Gasteiger partial charge in [-0.3, -0.25) is 4.79 Å². The van der Waals surface area contributed by atoms with Gasteiger partial charge in [-0.15, -0.1) is 0 Å².